The SMILES string of the molecule is Nc1c(C(=O)C2CC2)sc(N2CCSCC2)c1C1CC1. The van der Waals surface area contributed by atoms with Gasteiger partial charge in [-0.25, -0.2) is 0 Å². The molecule has 2 heterocycles. The summed E-state index contributed by atoms with van der Waals surface area (Å²) < 4.78 is 0. The number of ketones is 1. The minimum absolute atomic E-state index is 0.271. The Morgan fingerprint density at radius 2 is 1.85 bits per heavy atom. The fourth-order valence-electron chi connectivity index (χ4n) is 2.93. The monoisotopic (exact) mass is 308 g/mol. The number of thiophene rings is 1. The molecule has 0 spiro atoms. The molecule has 1 aromatic rings. The van der Waals surface area contributed by atoms with Crippen molar-refractivity contribution in [2.24, 2.45) is 5.92 Å². The van der Waals surface area contributed by atoms with E-state index in [2.05, 4.69) is 4.90 Å². The van der Waals surface area contributed by atoms with Gasteiger partial charge in [0, 0.05) is 36.1 Å². The summed E-state index contributed by atoms with van der Waals surface area (Å²) in [6.45, 7) is 2.20. The minimum atomic E-state index is 0.271. The summed E-state index contributed by atoms with van der Waals surface area (Å²) in [7, 11) is 0. The molecule has 0 radical (unpaired) electrons. The fraction of sp³-hybridized carbons (Fsp3) is 0.667. The van der Waals surface area contributed by atoms with Gasteiger partial charge < -0.3 is 10.6 Å². The Labute approximate surface area is 127 Å². The van der Waals surface area contributed by atoms with E-state index in [1.807, 2.05) is 11.8 Å². The number of carbonyl (C=O) groups is 1. The molecule has 3 fully saturated rings. The van der Waals surface area contributed by atoms with Crippen molar-refractivity contribution in [3.8, 4) is 0 Å². The summed E-state index contributed by atoms with van der Waals surface area (Å²) in [4.78, 5) is 15.8. The number of anilines is 2. The van der Waals surface area contributed by atoms with E-state index in [-0.39, 0.29) is 5.92 Å². The van der Waals surface area contributed by atoms with Crippen molar-refractivity contribution in [1.29, 1.82) is 0 Å². The maximum Gasteiger partial charge on any atom is 0.178 e. The van der Waals surface area contributed by atoms with Gasteiger partial charge in [-0.05, 0) is 31.6 Å². The van der Waals surface area contributed by atoms with Crippen LogP contribution in [0.5, 0.6) is 0 Å². The summed E-state index contributed by atoms with van der Waals surface area (Å²) >= 11 is 3.70. The first-order valence-electron chi connectivity index (χ1n) is 7.54. The Morgan fingerprint density at radius 3 is 2.45 bits per heavy atom. The number of rotatable bonds is 4. The molecule has 2 saturated carbocycles. The lowest BCUT2D eigenvalue weighted by molar-refractivity contribution is 0.0972. The molecular weight excluding hydrogens is 288 g/mol. The highest BCUT2D eigenvalue weighted by Crippen LogP contribution is 2.53. The van der Waals surface area contributed by atoms with Crippen LogP contribution in [0.15, 0.2) is 0 Å². The third-order valence-electron chi connectivity index (χ3n) is 4.42. The molecule has 3 nitrogen and oxygen atoms in total. The average Bonchev–Trinajstić information content (AvgIpc) is 3.37. The second-order valence-electron chi connectivity index (χ2n) is 6.08. The molecule has 0 amide bonds. The number of thioether (sulfide) groups is 1. The molecule has 2 N–H and O–H groups in total. The van der Waals surface area contributed by atoms with Crippen LogP contribution in [0.4, 0.5) is 10.7 Å². The Bertz CT molecular complexity index is 540. The van der Waals surface area contributed by atoms with E-state index in [4.69, 9.17) is 5.73 Å². The Kier molecular flexibility index (Phi) is 3.22. The summed E-state index contributed by atoms with van der Waals surface area (Å²) in [5.74, 6) is 3.58. The summed E-state index contributed by atoms with van der Waals surface area (Å²) in [5, 5.41) is 1.31. The first kappa shape index (κ1) is 13.0. The number of carbonyl (C=O) groups excluding carboxylic acids is 1. The molecule has 0 atom stereocenters. The number of nitrogens with two attached hydrogens (primary N) is 1. The van der Waals surface area contributed by atoms with Crippen molar-refractivity contribution >= 4 is 39.6 Å². The smallest absolute Gasteiger partial charge is 0.178 e. The standard InChI is InChI=1S/C15H20N2OS2/c16-12-11(9-1-2-9)15(17-5-7-19-8-6-17)20-14(12)13(18)10-3-4-10/h9-10H,1-8,16H2. The molecule has 108 valence electrons. The first-order chi connectivity index (χ1) is 9.75. The van der Waals surface area contributed by atoms with E-state index in [0.717, 1.165) is 36.5 Å². The number of nitrogens with zero attached hydrogens (tertiary/aromatic N) is 1. The van der Waals surface area contributed by atoms with Crippen molar-refractivity contribution in [3.05, 3.63) is 10.4 Å². The quantitative estimate of drug-likeness (QED) is 0.867. The van der Waals surface area contributed by atoms with Gasteiger partial charge in [0.15, 0.2) is 5.78 Å². The zero-order valence-electron chi connectivity index (χ0n) is 11.6. The minimum Gasteiger partial charge on any atom is -0.397 e. The third-order valence-corrected chi connectivity index (χ3v) is 6.66. The summed E-state index contributed by atoms with van der Waals surface area (Å²) in [6, 6.07) is 0. The Hall–Kier alpha value is -0.680. The number of hydrogen-bond acceptors (Lipinski definition) is 5. The highest BCUT2D eigenvalue weighted by Gasteiger charge is 2.38. The molecule has 5 heteroatoms. The van der Waals surface area contributed by atoms with Gasteiger partial charge in [-0.15, -0.1) is 11.3 Å². The van der Waals surface area contributed by atoms with Gasteiger partial charge in [-0.2, -0.15) is 11.8 Å². The van der Waals surface area contributed by atoms with Crippen LogP contribution in [0.1, 0.15) is 46.8 Å². The van der Waals surface area contributed by atoms with Crippen molar-refractivity contribution in [2.75, 3.05) is 35.2 Å². The van der Waals surface area contributed by atoms with Crippen LogP contribution >= 0.6 is 23.1 Å². The molecule has 20 heavy (non-hydrogen) atoms. The van der Waals surface area contributed by atoms with Gasteiger partial charge in [0.05, 0.1) is 15.6 Å². The maximum absolute atomic E-state index is 12.4. The van der Waals surface area contributed by atoms with Gasteiger partial charge >= 0.3 is 0 Å². The lowest BCUT2D eigenvalue weighted by atomic mass is 10.1. The zero-order valence-corrected chi connectivity index (χ0v) is 13.2. The molecule has 0 unspecified atom stereocenters. The lowest BCUT2D eigenvalue weighted by Crippen LogP contribution is -2.32. The predicted octanol–water partition coefficient (Wildman–Crippen LogP) is 3.35. The summed E-state index contributed by atoms with van der Waals surface area (Å²) in [5.41, 5.74) is 8.51. The maximum atomic E-state index is 12.4. The van der Waals surface area contributed by atoms with Crippen LogP contribution in [-0.2, 0) is 0 Å². The van der Waals surface area contributed by atoms with Crippen LogP contribution in [-0.4, -0.2) is 30.4 Å². The highest BCUT2D eigenvalue weighted by atomic mass is 32.2. The largest absolute Gasteiger partial charge is 0.397 e. The van der Waals surface area contributed by atoms with E-state index in [0.29, 0.717) is 11.7 Å². The topological polar surface area (TPSA) is 46.3 Å². The van der Waals surface area contributed by atoms with Crippen LogP contribution in [0.3, 0.4) is 0 Å². The van der Waals surface area contributed by atoms with Crippen molar-refractivity contribution in [3.63, 3.8) is 0 Å². The predicted molar refractivity (Wildman–Crippen MR) is 87.3 cm³/mol. The molecule has 1 aromatic heterocycles. The van der Waals surface area contributed by atoms with Gasteiger partial charge in [-0.3, -0.25) is 4.79 Å². The van der Waals surface area contributed by atoms with Crippen LogP contribution in [0.25, 0.3) is 0 Å². The van der Waals surface area contributed by atoms with Gasteiger partial charge in [0.2, 0.25) is 0 Å². The van der Waals surface area contributed by atoms with Crippen LogP contribution in [0.2, 0.25) is 0 Å². The van der Waals surface area contributed by atoms with E-state index in [9.17, 15) is 4.79 Å². The molecule has 4 rings (SSSR count). The zero-order chi connectivity index (χ0) is 13.7. The third kappa shape index (κ3) is 2.25. The molecule has 1 aliphatic heterocycles. The number of Topliss-reactive ketones (excluding diaryl/α,β-unsaturated/α-hetero) is 1. The molecular formula is C15H20N2OS2. The first-order valence-corrected chi connectivity index (χ1v) is 9.52. The van der Waals surface area contributed by atoms with Gasteiger partial charge in [0.25, 0.3) is 0 Å². The second-order valence-corrected chi connectivity index (χ2v) is 8.30. The Morgan fingerprint density at radius 1 is 1.15 bits per heavy atom. The normalized spacial score (nSPS) is 23.1. The second kappa shape index (κ2) is 4.95. The van der Waals surface area contributed by atoms with Gasteiger partial charge in [-0.1, -0.05) is 0 Å². The van der Waals surface area contributed by atoms with E-state index in [1.54, 1.807) is 11.3 Å². The summed E-state index contributed by atoms with van der Waals surface area (Å²) in [6.07, 6.45) is 4.61. The van der Waals surface area contributed by atoms with Crippen molar-refractivity contribution in [2.45, 2.75) is 31.6 Å². The lowest BCUT2D eigenvalue weighted by Gasteiger charge is -2.28. The van der Waals surface area contributed by atoms with Crippen LogP contribution < -0.4 is 10.6 Å². The van der Waals surface area contributed by atoms with E-state index in [1.165, 1.54) is 34.9 Å². The molecule has 2 aliphatic carbocycles. The highest BCUT2D eigenvalue weighted by molar-refractivity contribution is 7.99. The van der Waals surface area contributed by atoms with Crippen molar-refractivity contribution < 1.29 is 4.79 Å². The molecule has 3 aliphatic rings. The van der Waals surface area contributed by atoms with Crippen molar-refractivity contribution in [1.82, 2.24) is 0 Å². The molecule has 0 bridgehead atoms. The fourth-order valence-corrected chi connectivity index (χ4v) is 5.21. The van der Waals surface area contributed by atoms with E-state index < -0.39 is 0 Å². The molecule has 1 saturated heterocycles. The van der Waals surface area contributed by atoms with E-state index >= 15 is 0 Å². The average molecular weight is 308 g/mol. The number of hydrogen-bond donors (Lipinski definition) is 1. The van der Waals surface area contributed by atoms with Gasteiger partial charge in [0.1, 0.15) is 0 Å². The Balaban J connectivity index is 1.72. The molecule has 0 aromatic carbocycles. The number of nitrogen functional groups attached to an aromatic ring is 1. The van der Waals surface area contributed by atoms with Crippen LogP contribution in [0, 0.1) is 5.92 Å².